The second-order valence-electron chi connectivity index (χ2n) is 4.39. The minimum absolute atomic E-state index is 0.420. The van der Waals surface area contributed by atoms with Crippen LogP contribution in [0, 0.1) is 0 Å². The summed E-state index contributed by atoms with van der Waals surface area (Å²) in [6.07, 6.45) is 8.26. The van der Waals surface area contributed by atoms with Crippen molar-refractivity contribution < 1.29 is 0 Å². The van der Waals surface area contributed by atoms with Crippen molar-refractivity contribution in [2.45, 2.75) is 51.1 Å². The maximum absolute atomic E-state index is 5.48. The van der Waals surface area contributed by atoms with E-state index >= 15 is 0 Å². The van der Waals surface area contributed by atoms with Gasteiger partial charge in [0, 0.05) is 6.04 Å². The van der Waals surface area contributed by atoms with Crippen molar-refractivity contribution >= 4 is 17.7 Å². The fourth-order valence-corrected chi connectivity index (χ4v) is 2.52. The van der Waals surface area contributed by atoms with Crippen LogP contribution in [-0.2, 0) is 0 Å². The average molecular weight is 244 g/mol. The molecule has 0 aliphatic heterocycles. The third-order valence-corrected chi connectivity index (χ3v) is 3.56. The summed E-state index contributed by atoms with van der Waals surface area (Å²) in [6, 6.07) is 0.884. The molecule has 1 aliphatic rings. The van der Waals surface area contributed by atoms with Gasteiger partial charge in [-0.2, -0.15) is 11.8 Å². The Morgan fingerprint density at radius 3 is 2.75 bits per heavy atom. The highest BCUT2D eigenvalue weighted by Gasteiger charge is 2.15. The third-order valence-electron chi connectivity index (χ3n) is 2.91. The number of rotatable bonds is 5. The van der Waals surface area contributed by atoms with Crippen LogP contribution >= 0.6 is 11.8 Å². The highest BCUT2D eigenvalue weighted by Crippen LogP contribution is 2.20. The maximum atomic E-state index is 5.48. The Balaban J connectivity index is 2.34. The van der Waals surface area contributed by atoms with Crippen molar-refractivity contribution in [2.24, 2.45) is 10.8 Å². The Morgan fingerprint density at radius 1 is 1.50 bits per heavy atom. The van der Waals surface area contributed by atoms with Gasteiger partial charge in [0.1, 0.15) is 0 Å². The second-order valence-corrected chi connectivity index (χ2v) is 5.37. The van der Waals surface area contributed by atoms with E-state index in [4.69, 9.17) is 5.84 Å². The van der Waals surface area contributed by atoms with E-state index < -0.39 is 0 Å². The van der Waals surface area contributed by atoms with E-state index in [1.54, 1.807) is 0 Å². The first-order valence-corrected chi connectivity index (χ1v) is 7.45. The maximum Gasteiger partial charge on any atom is 0.206 e. The van der Waals surface area contributed by atoms with Gasteiger partial charge in [0.05, 0.1) is 6.04 Å². The highest BCUT2D eigenvalue weighted by atomic mass is 32.2. The number of guanidine groups is 1. The molecule has 4 N–H and O–H groups in total. The number of hydrogen-bond donors (Lipinski definition) is 3. The quantitative estimate of drug-likeness (QED) is 0.297. The summed E-state index contributed by atoms with van der Waals surface area (Å²) in [5, 5.41) is 3.33. The highest BCUT2D eigenvalue weighted by molar-refractivity contribution is 7.98. The first kappa shape index (κ1) is 13.6. The van der Waals surface area contributed by atoms with Gasteiger partial charge in [-0.1, -0.05) is 12.8 Å². The molecule has 94 valence electrons. The van der Waals surface area contributed by atoms with Crippen molar-refractivity contribution in [3.63, 3.8) is 0 Å². The summed E-state index contributed by atoms with van der Waals surface area (Å²) in [4.78, 5) is 4.60. The molecule has 0 heterocycles. The van der Waals surface area contributed by atoms with Crippen LogP contribution in [0.25, 0.3) is 0 Å². The van der Waals surface area contributed by atoms with Gasteiger partial charge in [-0.05, 0) is 38.2 Å². The number of aliphatic imine (C=N–C) groups is 1. The van der Waals surface area contributed by atoms with Gasteiger partial charge in [0.2, 0.25) is 5.96 Å². The van der Waals surface area contributed by atoms with E-state index in [0.717, 1.165) is 18.1 Å². The Kier molecular flexibility index (Phi) is 6.64. The predicted molar refractivity (Wildman–Crippen MR) is 72.6 cm³/mol. The Hall–Kier alpha value is -0.420. The molecule has 0 saturated heterocycles. The first-order valence-electron chi connectivity index (χ1n) is 6.06. The molecule has 0 aromatic heterocycles. The van der Waals surface area contributed by atoms with Crippen molar-refractivity contribution in [3.8, 4) is 0 Å². The molecular weight excluding hydrogens is 220 g/mol. The van der Waals surface area contributed by atoms with Gasteiger partial charge >= 0.3 is 0 Å². The molecular formula is C11H24N4S. The molecule has 5 heteroatoms. The molecule has 1 rings (SSSR count). The lowest BCUT2D eigenvalue weighted by Gasteiger charge is -2.17. The Labute approximate surface area is 103 Å². The fraction of sp³-hybridized carbons (Fsp3) is 0.909. The van der Waals surface area contributed by atoms with E-state index in [9.17, 15) is 0 Å². The summed E-state index contributed by atoms with van der Waals surface area (Å²) >= 11 is 1.87. The van der Waals surface area contributed by atoms with Crippen LogP contribution in [0.3, 0.4) is 0 Å². The molecule has 4 nitrogen and oxygen atoms in total. The monoisotopic (exact) mass is 244 g/mol. The van der Waals surface area contributed by atoms with Crippen molar-refractivity contribution in [1.29, 1.82) is 0 Å². The molecule has 0 aromatic carbocycles. The Bertz CT molecular complexity index is 214. The summed E-state index contributed by atoms with van der Waals surface area (Å²) in [6.45, 7) is 2.16. The normalized spacial score (nSPS) is 19.8. The number of hydrazine groups is 1. The van der Waals surface area contributed by atoms with Crippen molar-refractivity contribution in [1.82, 2.24) is 10.7 Å². The van der Waals surface area contributed by atoms with Gasteiger partial charge in [-0.15, -0.1) is 0 Å². The minimum Gasteiger partial charge on any atom is -0.353 e. The zero-order valence-electron chi connectivity index (χ0n) is 10.3. The van der Waals surface area contributed by atoms with Gasteiger partial charge in [-0.25, -0.2) is 10.8 Å². The lowest BCUT2D eigenvalue weighted by molar-refractivity contribution is 0.616. The molecule has 1 fully saturated rings. The molecule has 0 aromatic rings. The van der Waals surface area contributed by atoms with Crippen LogP contribution in [0.4, 0.5) is 0 Å². The third kappa shape index (κ3) is 5.07. The van der Waals surface area contributed by atoms with Gasteiger partial charge in [-0.3, -0.25) is 5.43 Å². The van der Waals surface area contributed by atoms with E-state index in [0.29, 0.717) is 12.1 Å². The first-order chi connectivity index (χ1) is 7.76. The molecule has 0 bridgehead atoms. The fourth-order valence-electron chi connectivity index (χ4n) is 1.93. The predicted octanol–water partition coefficient (Wildman–Crippen LogP) is 1.48. The van der Waals surface area contributed by atoms with E-state index in [-0.39, 0.29) is 0 Å². The SMILES string of the molecule is CSCCC(C)NC(=NC1CCCC1)NN. The number of hydrogen-bond acceptors (Lipinski definition) is 3. The number of nitrogens with zero attached hydrogens (tertiary/aromatic N) is 1. The van der Waals surface area contributed by atoms with Crippen molar-refractivity contribution in [2.75, 3.05) is 12.0 Å². The standard InChI is InChI=1S/C11H24N4S/c1-9(7-8-16-2)13-11(15-12)14-10-5-3-4-6-10/h9-10H,3-8,12H2,1-2H3,(H2,13,14,15). The lowest BCUT2D eigenvalue weighted by Crippen LogP contribution is -2.46. The summed E-state index contributed by atoms with van der Waals surface area (Å²) in [7, 11) is 0. The number of nitrogens with two attached hydrogens (primary N) is 1. The van der Waals surface area contributed by atoms with E-state index in [1.807, 2.05) is 11.8 Å². The van der Waals surface area contributed by atoms with Crippen molar-refractivity contribution in [3.05, 3.63) is 0 Å². The van der Waals surface area contributed by atoms with Gasteiger partial charge < -0.3 is 5.32 Å². The van der Waals surface area contributed by atoms with Crippen LogP contribution in [0.1, 0.15) is 39.0 Å². The second kappa shape index (κ2) is 7.79. The summed E-state index contributed by atoms with van der Waals surface area (Å²) < 4.78 is 0. The molecule has 0 spiro atoms. The van der Waals surface area contributed by atoms with Crippen LogP contribution in [0.5, 0.6) is 0 Å². The van der Waals surface area contributed by atoms with Crippen LogP contribution in [0.15, 0.2) is 4.99 Å². The lowest BCUT2D eigenvalue weighted by atomic mass is 10.2. The van der Waals surface area contributed by atoms with Crippen LogP contribution in [-0.4, -0.2) is 30.1 Å². The number of nitrogens with one attached hydrogen (secondary N) is 2. The minimum atomic E-state index is 0.420. The largest absolute Gasteiger partial charge is 0.353 e. The molecule has 0 radical (unpaired) electrons. The van der Waals surface area contributed by atoms with Gasteiger partial charge in [0.25, 0.3) is 0 Å². The topological polar surface area (TPSA) is 62.4 Å². The Morgan fingerprint density at radius 2 is 2.19 bits per heavy atom. The summed E-state index contributed by atoms with van der Waals surface area (Å²) in [5.74, 6) is 7.39. The molecule has 1 saturated carbocycles. The average Bonchev–Trinajstić information content (AvgIpc) is 2.78. The van der Waals surface area contributed by atoms with E-state index in [1.165, 1.54) is 25.7 Å². The molecule has 0 amide bonds. The zero-order valence-corrected chi connectivity index (χ0v) is 11.1. The molecule has 1 atom stereocenters. The zero-order chi connectivity index (χ0) is 11.8. The molecule has 1 aliphatic carbocycles. The van der Waals surface area contributed by atoms with Crippen LogP contribution < -0.4 is 16.6 Å². The molecule has 16 heavy (non-hydrogen) atoms. The van der Waals surface area contributed by atoms with E-state index in [2.05, 4.69) is 28.9 Å². The molecule has 1 unspecified atom stereocenters. The number of thioether (sulfide) groups is 1. The van der Waals surface area contributed by atoms with Crippen LogP contribution in [0.2, 0.25) is 0 Å². The van der Waals surface area contributed by atoms with Gasteiger partial charge in [0.15, 0.2) is 0 Å². The summed E-state index contributed by atoms with van der Waals surface area (Å²) in [5.41, 5.74) is 2.67. The smallest absolute Gasteiger partial charge is 0.206 e.